The number of hydrogen-bond acceptors (Lipinski definition) is 2. The van der Waals surface area contributed by atoms with E-state index in [4.69, 9.17) is 0 Å². The van der Waals surface area contributed by atoms with Crippen LogP contribution in [0.3, 0.4) is 0 Å². The number of carbonyl (C=O) groups is 1. The fourth-order valence-electron chi connectivity index (χ4n) is 2.64. The average Bonchev–Trinajstić information content (AvgIpc) is 2.54. The third-order valence-corrected chi connectivity index (χ3v) is 3.33. The number of nitrogens with one attached hydrogen (secondary N) is 2. The molecule has 0 aromatic carbocycles. The lowest BCUT2D eigenvalue weighted by Crippen LogP contribution is -2.27. The second-order valence-corrected chi connectivity index (χ2v) is 5.75. The van der Waals surface area contributed by atoms with Gasteiger partial charge in [0.2, 0.25) is 5.91 Å². The quantitative estimate of drug-likeness (QED) is 0.865. The van der Waals surface area contributed by atoms with E-state index in [1.807, 2.05) is 13.8 Å². The summed E-state index contributed by atoms with van der Waals surface area (Å²) in [6.07, 6.45) is 1.28. The molecule has 2 heterocycles. The van der Waals surface area contributed by atoms with Crippen LogP contribution in [0.25, 0.3) is 0 Å². The molecule has 0 aliphatic carbocycles. The lowest BCUT2D eigenvalue weighted by atomic mass is 9.86. The van der Waals surface area contributed by atoms with Gasteiger partial charge >= 0.3 is 0 Å². The number of nitrogens with zero attached hydrogens (tertiary/aromatic N) is 1. The van der Waals surface area contributed by atoms with Crippen molar-refractivity contribution in [2.45, 2.75) is 52.5 Å². The van der Waals surface area contributed by atoms with E-state index >= 15 is 0 Å². The summed E-state index contributed by atoms with van der Waals surface area (Å²) in [7, 11) is 0. The van der Waals surface area contributed by atoms with Crippen molar-refractivity contribution in [1.29, 1.82) is 0 Å². The molecule has 5 heteroatoms. The van der Waals surface area contributed by atoms with Crippen LogP contribution in [0, 0.1) is 5.92 Å². The molecule has 0 radical (unpaired) electrons. The SMILES string of the molecule is CC(C)CC1CC(=O)Nc2c1c(=O)[nH]n2C(C)C. The molecule has 1 amide bonds. The zero-order chi connectivity index (χ0) is 13.4. The van der Waals surface area contributed by atoms with Gasteiger partial charge in [-0.05, 0) is 26.2 Å². The zero-order valence-electron chi connectivity index (χ0n) is 11.4. The molecule has 1 aromatic heterocycles. The van der Waals surface area contributed by atoms with Crippen LogP contribution in [0.15, 0.2) is 4.79 Å². The Balaban J connectivity index is 2.49. The van der Waals surface area contributed by atoms with E-state index < -0.39 is 0 Å². The van der Waals surface area contributed by atoms with E-state index in [0.717, 1.165) is 12.0 Å². The Labute approximate surface area is 107 Å². The van der Waals surface area contributed by atoms with Crippen LogP contribution in [0.4, 0.5) is 5.82 Å². The summed E-state index contributed by atoms with van der Waals surface area (Å²) >= 11 is 0. The minimum Gasteiger partial charge on any atom is -0.311 e. The summed E-state index contributed by atoms with van der Waals surface area (Å²) in [4.78, 5) is 23.8. The van der Waals surface area contributed by atoms with Gasteiger partial charge in [-0.1, -0.05) is 13.8 Å². The molecule has 1 atom stereocenters. The molecule has 1 aromatic rings. The van der Waals surface area contributed by atoms with Crippen LogP contribution >= 0.6 is 0 Å². The van der Waals surface area contributed by atoms with Crippen LogP contribution in [0.2, 0.25) is 0 Å². The Kier molecular flexibility index (Phi) is 3.32. The smallest absolute Gasteiger partial charge is 0.269 e. The number of anilines is 1. The standard InChI is InChI=1S/C13H21N3O2/c1-7(2)5-9-6-10(17)14-12-11(9)13(18)15-16(12)8(3)4/h7-9H,5-6H2,1-4H3,(H,14,17)(H,15,18). The van der Waals surface area contributed by atoms with Gasteiger partial charge in [0.25, 0.3) is 5.56 Å². The molecule has 0 bridgehead atoms. The highest BCUT2D eigenvalue weighted by molar-refractivity contribution is 5.93. The molecule has 1 aliphatic rings. The van der Waals surface area contributed by atoms with Crippen LogP contribution in [-0.4, -0.2) is 15.7 Å². The molecule has 1 aliphatic heterocycles. The van der Waals surface area contributed by atoms with Gasteiger partial charge < -0.3 is 5.32 Å². The summed E-state index contributed by atoms with van der Waals surface area (Å²) in [5.74, 6) is 1.17. The molecule has 0 saturated heterocycles. The Morgan fingerprint density at radius 3 is 2.50 bits per heavy atom. The number of carbonyl (C=O) groups excluding carboxylic acids is 1. The monoisotopic (exact) mass is 251 g/mol. The molecule has 0 spiro atoms. The summed E-state index contributed by atoms with van der Waals surface area (Å²) in [6.45, 7) is 8.18. The molecular formula is C13H21N3O2. The molecule has 100 valence electrons. The number of rotatable bonds is 3. The third-order valence-electron chi connectivity index (χ3n) is 3.33. The van der Waals surface area contributed by atoms with Crippen molar-refractivity contribution in [2.75, 3.05) is 5.32 Å². The molecule has 18 heavy (non-hydrogen) atoms. The Morgan fingerprint density at radius 1 is 1.28 bits per heavy atom. The lowest BCUT2D eigenvalue weighted by molar-refractivity contribution is -0.117. The molecule has 0 saturated carbocycles. The molecular weight excluding hydrogens is 230 g/mol. The number of aromatic nitrogens is 2. The molecule has 1 unspecified atom stereocenters. The van der Waals surface area contributed by atoms with Gasteiger partial charge in [-0.2, -0.15) is 0 Å². The summed E-state index contributed by atoms with van der Waals surface area (Å²) in [6, 6.07) is 0.125. The van der Waals surface area contributed by atoms with Crippen molar-refractivity contribution in [3.63, 3.8) is 0 Å². The van der Waals surface area contributed by atoms with E-state index in [2.05, 4.69) is 24.3 Å². The van der Waals surface area contributed by atoms with Crippen LogP contribution in [0.1, 0.15) is 58.1 Å². The van der Waals surface area contributed by atoms with Crippen molar-refractivity contribution in [2.24, 2.45) is 5.92 Å². The van der Waals surface area contributed by atoms with Gasteiger partial charge in [-0.25, -0.2) is 0 Å². The first kappa shape index (κ1) is 12.9. The third kappa shape index (κ3) is 2.21. The van der Waals surface area contributed by atoms with Crippen molar-refractivity contribution < 1.29 is 4.79 Å². The first-order chi connectivity index (χ1) is 8.40. The van der Waals surface area contributed by atoms with Gasteiger partial charge in [0.15, 0.2) is 0 Å². The first-order valence-electron chi connectivity index (χ1n) is 6.54. The van der Waals surface area contributed by atoms with E-state index in [1.165, 1.54) is 0 Å². The van der Waals surface area contributed by atoms with Crippen molar-refractivity contribution >= 4 is 11.7 Å². The van der Waals surface area contributed by atoms with Gasteiger partial charge in [0.1, 0.15) is 5.82 Å². The van der Waals surface area contributed by atoms with Crippen molar-refractivity contribution in [3.8, 4) is 0 Å². The maximum Gasteiger partial charge on any atom is 0.269 e. The predicted octanol–water partition coefficient (Wildman–Crippen LogP) is 2.23. The fourth-order valence-corrected chi connectivity index (χ4v) is 2.64. The van der Waals surface area contributed by atoms with E-state index in [-0.39, 0.29) is 23.4 Å². The maximum absolute atomic E-state index is 12.1. The van der Waals surface area contributed by atoms with Gasteiger partial charge in [0, 0.05) is 18.4 Å². The molecule has 2 rings (SSSR count). The predicted molar refractivity (Wildman–Crippen MR) is 70.9 cm³/mol. The fraction of sp³-hybridized carbons (Fsp3) is 0.692. The summed E-state index contributed by atoms with van der Waals surface area (Å²) in [5, 5.41) is 5.65. The minimum absolute atomic E-state index is 0.00144. The molecule has 2 N–H and O–H groups in total. The molecule has 5 nitrogen and oxygen atoms in total. The van der Waals surface area contributed by atoms with E-state index in [1.54, 1.807) is 4.68 Å². The number of H-pyrrole nitrogens is 1. The number of amides is 1. The van der Waals surface area contributed by atoms with Gasteiger partial charge in [0.05, 0.1) is 5.56 Å². The Bertz CT molecular complexity index is 511. The largest absolute Gasteiger partial charge is 0.311 e. The number of fused-ring (bicyclic) bond motifs is 1. The van der Waals surface area contributed by atoms with E-state index in [0.29, 0.717) is 18.2 Å². The normalized spacial score (nSPS) is 19.2. The number of hydrogen-bond donors (Lipinski definition) is 2. The van der Waals surface area contributed by atoms with Crippen LogP contribution < -0.4 is 10.9 Å². The summed E-state index contributed by atoms with van der Waals surface area (Å²) in [5.41, 5.74) is 0.682. The Hall–Kier alpha value is -1.52. The van der Waals surface area contributed by atoms with Crippen molar-refractivity contribution in [1.82, 2.24) is 9.78 Å². The Morgan fingerprint density at radius 2 is 1.94 bits per heavy atom. The highest BCUT2D eigenvalue weighted by Gasteiger charge is 2.32. The van der Waals surface area contributed by atoms with E-state index in [9.17, 15) is 9.59 Å². The maximum atomic E-state index is 12.1. The zero-order valence-corrected chi connectivity index (χ0v) is 11.4. The van der Waals surface area contributed by atoms with Gasteiger partial charge in [-0.15, -0.1) is 0 Å². The highest BCUT2D eigenvalue weighted by Crippen LogP contribution is 2.34. The highest BCUT2D eigenvalue weighted by atomic mass is 16.2. The minimum atomic E-state index is -0.0654. The average molecular weight is 251 g/mol. The number of aromatic amines is 1. The topological polar surface area (TPSA) is 66.9 Å². The molecule has 0 fully saturated rings. The van der Waals surface area contributed by atoms with Gasteiger partial charge in [-0.3, -0.25) is 19.4 Å². The first-order valence-corrected chi connectivity index (χ1v) is 6.54. The summed E-state index contributed by atoms with van der Waals surface area (Å²) < 4.78 is 1.75. The van der Waals surface area contributed by atoms with Crippen LogP contribution in [0.5, 0.6) is 0 Å². The second kappa shape index (κ2) is 4.63. The lowest BCUT2D eigenvalue weighted by Gasteiger charge is -2.24. The van der Waals surface area contributed by atoms with Crippen molar-refractivity contribution in [3.05, 3.63) is 15.9 Å². The second-order valence-electron chi connectivity index (χ2n) is 5.75. The van der Waals surface area contributed by atoms with Crippen LogP contribution in [-0.2, 0) is 4.79 Å².